The number of aromatic nitrogens is 4. The number of fused-ring (bicyclic) bond motifs is 1. The number of rotatable bonds is 5. The first kappa shape index (κ1) is 17.8. The van der Waals surface area contributed by atoms with E-state index in [2.05, 4.69) is 20.4 Å². The minimum Gasteiger partial charge on any atom is -0.347 e. The summed E-state index contributed by atoms with van der Waals surface area (Å²) in [5.41, 5.74) is 1.65. The van der Waals surface area contributed by atoms with E-state index in [0.29, 0.717) is 12.2 Å². The van der Waals surface area contributed by atoms with Crippen molar-refractivity contribution in [2.75, 3.05) is 14.1 Å². The number of hydrogen-bond donors (Lipinski definition) is 1. The van der Waals surface area contributed by atoms with Gasteiger partial charge in [0.15, 0.2) is 0 Å². The maximum absolute atomic E-state index is 12.5. The number of nitrogens with one attached hydrogen (secondary N) is 1. The molecular weight excluding hydrogens is 308 g/mol. The molecule has 1 unspecified atom stereocenters. The van der Waals surface area contributed by atoms with Crippen molar-refractivity contribution in [3.63, 3.8) is 0 Å². The highest BCUT2D eigenvalue weighted by molar-refractivity contribution is 5.95. The molecule has 0 saturated carbocycles. The summed E-state index contributed by atoms with van der Waals surface area (Å²) in [5.74, 6) is 0.0256. The van der Waals surface area contributed by atoms with Crippen LogP contribution in [0.1, 0.15) is 42.3 Å². The van der Waals surface area contributed by atoms with Gasteiger partial charge in [-0.15, -0.1) is 5.10 Å². The Labute approximate surface area is 141 Å². The molecule has 0 aliphatic carbocycles. The summed E-state index contributed by atoms with van der Waals surface area (Å²) >= 11 is 0. The van der Waals surface area contributed by atoms with Crippen LogP contribution in [-0.2, 0) is 4.79 Å². The SMILES string of the molecule is Cc1cc(C)n2nc(C(=O)NC(CC(C)C)C(=O)N(C)C)nc2n1. The predicted octanol–water partition coefficient (Wildman–Crippen LogP) is 0.974. The summed E-state index contributed by atoms with van der Waals surface area (Å²) in [5, 5.41) is 6.94. The van der Waals surface area contributed by atoms with E-state index in [1.165, 1.54) is 9.42 Å². The van der Waals surface area contributed by atoms with E-state index >= 15 is 0 Å². The fraction of sp³-hybridized carbons (Fsp3) is 0.562. The van der Waals surface area contributed by atoms with E-state index in [1.807, 2.05) is 33.8 Å². The Morgan fingerprint density at radius 1 is 1.25 bits per heavy atom. The van der Waals surface area contributed by atoms with Crippen LogP contribution in [0.4, 0.5) is 0 Å². The molecular formula is C16H24N6O2. The lowest BCUT2D eigenvalue weighted by Crippen LogP contribution is -2.47. The quantitative estimate of drug-likeness (QED) is 0.881. The molecule has 8 heteroatoms. The van der Waals surface area contributed by atoms with Crippen LogP contribution in [-0.4, -0.2) is 56.4 Å². The van der Waals surface area contributed by atoms with Gasteiger partial charge in [-0.25, -0.2) is 9.50 Å². The molecule has 0 aromatic carbocycles. The first-order valence-corrected chi connectivity index (χ1v) is 7.92. The van der Waals surface area contributed by atoms with Crippen LogP contribution in [0.5, 0.6) is 0 Å². The van der Waals surface area contributed by atoms with Crippen molar-refractivity contribution in [2.45, 2.75) is 40.2 Å². The second-order valence-corrected chi connectivity index (χ2v) is 6.57. The van der Waals surface area contributed by atoms with Crippen molar-refractivity contribution >= 4 is 17.6 Å². The fourth-order valence-corrected chi connectivity index (χ4v) is 2.49. The Balaban J connectivity index is 2.26. The van der Waals surface area contributed by atoms with Gasteiger partial charge < -0.3 is 10.2 Å². The van der Waals surface area contributed by atoms with Gasteiger partial charge in [0.2, 0.25) is 11.7 Å². The fourth-order valence-electron chi connectivity index (χ4n) is 2.49. The molecule has 0 aliphatic rings. The van der Waals surface area contributed by atoms with Gasteiger partial charge in [0.1, 0.15) is 6.04 Å². The van der Waals surface area contributed by atoms with E-state index in [-0.39, 0.29) is 17.6 Å². The average Bonchev–Trinajstić information content (AvgIpc) is 2.89. The van der Waals surface area contributed by atoms with Crippen LogP contribution in [0, 0.1) is 19.8 Å². The maximum Gasteiger partial charge on any atom is 0.291 e. The molecule has 0 fully saturated rings. The first-order valence-electron chi connectivity index (χ1n) is 7.92. The molecule has 2 rings (SSSR count). The third-order valence-corrected chi connectivity index (χ3v) is 3.57. The molecule has 2 heterocycles. The van der Waals surface area contributed by atoms with E-state index in [4.69, 9.17) is 0 Å². The third kappa shape index (κ3) is 3.87. The van der Waals surface area contributed by atoms with Gasteiger partial charge in [-0.3, -0.25) is 9.59 Å². The van der Waals surface area contributed by atoms with Gasteiger partial charge in [0, 0.05) is 25.5 Å². The summed E-state index contributed by atoms with van der Waals surface area (Å²) in [6, 6.07) is 1.26. The molecule has 130 valence electrons. The van der Waals surface area contributed by atoms with Crippen molar-refractivity contribution in [2.24, 2.45) is 5.92 Å². The van der Waals surface area contributed by atoms with Crippen molar-refractivity contribution in [1.29, 1.82) is 0 Å². The Hall–Kier alpha value is -2.51. The highest BCUT2D eigenvalue weighted by Crippen LogP contribution is 2.09. The minimum atomic E-state index is -0.602. The number of carbonyl (C=O) groups is 2. The van der Waals surface area contributed by atoms with Crippen LogP contribution >= 0.6 is 0 Å². The van der Waals surface area contributed by atoms with E-state index in [9.17, 15) is 9.59 Å². The molecule has 0 spiro atoms. The zero-order valence-corrected chi connectivity index (χ0v) is 15.0. The summed E-state index contributed by atoms with van der Waals surface area (Å²) in [6.45, 7) is 7.73. The van der Waals surface area contributed by atoms with E-state index in [1.54, 1.807) is 14.1 Å². The molecule has 2 aromatic rings. The smallest absolute Gasteiger partial charge is 0.291 e. The van der Waals surface area contributed by atoms with Gasteiger partial charge in [0.25, 0.3) is 11.7 Å². The van der Waals surface area contributed by atoms with Crippen LogP contribution in [0.3, 0.4) is 0 Å². The summed E-state index contributed by atoms with van der Waals surface area (Å²) in [7, 11) is 3.34. The molecule has 0 radical (unpaired) electrons. The normalized spacial score (nSPS) is 12.5. The lowest BCUT2D eigenvalue weighted by atomic mass is 10.0. The number of likely N-dealkylation sites (N-methyl/N-ethyl adjacent to an activating group) is 1. The number of amides is 2. The Morgan fingerprint density at radius 3 is 2.50 bits per heavy atom. The van der Waals surface area contributed by atoms with Gasteiger partial charge in [-0.05, 0) is 32.3 Å². The molecule has 2 amide bonds. The average molecular weight is 332 g/mol. The predicted molar refractivity (Wildman–Crippen MR) is 89.7 cm³/mol. The zero-order valence-electron chi connectivity index (χ0n) is 15.0. The number of carbonyl (C=O) groups excluding carboxylic acids is 2. The summed E-state index contributed by atoms with van der Waals surface area (Å²) < 4.78 is 1.52. The van der Waals surface area contributed by atoms with Crippen molar-refractivity contribution < 1.29 is 9.59 Å². The highest BCUT2D eigenvalue weighted by Gasteiger charge is 2.25. The molecule has 1 N–H and O–H groups in total. The van der Waals surface area contributed by atoms with Crippen molar-refractivity contribution in [3.05, 3.63) is 23.3 Å². The molecule has 0 aliphatic heterocycles. The van der Waals surface area contributed by atoms with Gasteiger partial charge in [0.05, 0.1) is 0 Å². The molecule has 2 aromatic heterocycles. The number of nitrogens with zero attached hydrogens (tertiary/aromatic N) is 5. The van der Waals surface area contributed by atoms with Crippen molar-refractivity contribution in [3.8, 4) is 0 Å². The lowest BCUT2D eigenvalue weighted by molar-refractivity contribution is -0.131. The van der Waals surface area contributed by atoms with Gasteiger partial charge in [-0.1, -0.05) is 13.8 Å². The zero-order chi connectivity index (χ0) is 18.0. The van der Waals surface area contributed by atoms with Gasteiger partial charge in [-0.2, -0.15) is 4.98 Å². The Morgan fingerprint density at radius 2 is 1.92 bits per heavy atom. The molecule has 0 saturated heterocycles. The van der Waals surface area contributed by atoms with Crippen LogP contribution in [0.15, 0.2) is 6.07 Å². The van der Waals surface area contributed by atoms with Crippen LogP contribution < -0.4 is 5.32 Å². The molecule has 1 atom stereocenters. The molecule has 0 bridgehead atoms. The van der Waals surface area contributed by atoms with Crippen LogP contribution in [0.25, 0.3) is 5.78 Å². The largest absolute Gasteiger partial charge is 0.347 e. The lowest BCUT2D eigenvalue weighted by Gasteiger charge is -2.22. The Kier molecular flexibility index (Phi) is 5.16. The third-order valence-electron chi connectivity index (χ3n) is 3.57. The topological polar surface area (TPSA) is 92.5 Å². The summed E-state index contributed by atoms with van der Waals surface area (Å²) in [6.07, 6.45) is 0.548. The second kappa shape index (κ2) is 6.94. The summed E-state index contributed by atoms with van der Waals surface area (Å²) in [4.78, 5) is 34.7. The number of hydrogen-bond acceptors (Lipinski definition) is 5. The second-order valence-electron chi connectivity index (χ2n) is 6.57. The monoisotopic (exact) mass is 332 g/mol. The highest BCUT2D eigenvalue weighted by atomic mass is 16.2. The maximum atomic E-state index is 12.5. The number of aryl methyl sites for hydroxylation is 2. The molecule has 8 nitrogen and oxygen atoms in total. The minimum absolute atomic E-state index is 0.0107. The van der Waals surface area contributed by atoms with Gasteiger partial charge >= 0.3 is 0 Å². The van der Waals surface area contributed by atoms with E-state index in [0.717, 1.165) is 11.4 Å². The Bertz CT molecular complexity index is 765. The molecule has 24 heavy (non-hydrogen) atoms. The van der Waals surface area contributed by atoms with Crippen molar-refractivity contribution in [1.82, 2.24) is 29.8 Å². The first-order chi connectivity index (χ1) is 11.2. The standard InChI is InChI=1S/C16H24N6O2/c1-9(2)7-12(15(24)21(5)6)18-14(23)13-19-16-17-10(3)8-11(4)22(16)20-13/h8-9,12H,7H2,1-6H3,(H,18,23). The van der Waals surface area contributed by atoms with Crippen LogP contribution in [0.2, 0.25) is 0 Å². The van der Waals surface area contributed by atoms with E-state index < -0.39 is 11.9 Å².